The summed E-state index contributed by atoms with van der Waals surface area (Å²) < 4.78 is 0. The molecule has 3 nitrogen and oxygen atoms in total. The van der Waals surface area contributed by atoms with Crippen molar-refractivity contribution in [1.82, 2.24) is 9.97 Å². The first-order valence-electron chi connectivity index (χ1n) is 17.4. The Morgan fingerprint density at radius 2 is 0.923 bits per heavy atom. The lowest BCUT2D eigenvalue weighted by Crippen LogP contribution is -2.31. The molecule has 0 bridgehead atoms. The second-order valence-electron chi connectivity index (χ2n) is 13.2. The number of nitriles is 1. The Morgan fingerprint density at radius 1 is 0.423 bits per heavy atom. The van der Waals surface area contributed by atoms with Crippen LogP contribution in [0, 0.1) is 11.3 Å². The maximum Gasteiger partial charge on any atom is 0.160 e. The zero-order chi connectivity index (χ0) is 34.6. The first-order valence-corrected chi connectivity index (χ1v) is 18.2. The van der Waals surface area contributed by atoms with Crippen molar-refractivity contribution >= 4 is 11.8 Å². The lowest BCUT2D eigenvalue weighted by atomic mass is 9.67. The van der Waals surface area contributed by atoms with E-state index in [0.29, 0.717) is 11.4 Å². The highest BCUT2D eigenvalue weighted by atomic mass is 32.2. The van der Waals surface area contributed by atoms with Crippen LogP contribution in [-0.4, -0.2) is 9.97 Å². The number of aromatic nitrogens is 2. The van der Waals surface area contributed by atoms with Crippen molar-refractivity contribution < 1.29 is 0 Å². The summed E-state index contributed by atoms with van der Waals surface area (Å²) in [6, 6.07) is 64.3. The molecule has 0 atom stereocenters. The van der Waals surface area contributed by atoms with Crippen LogP contribution in [0.15, 0.2) is 186 Å². The average Bonchev–Trinajstić information content (AvgIpc) is 3.50. The minimum Gasteiger partial charge on any atom is -0.228 e. The van der Waals surface area contributed by atoms with Gasteiger partial charge in [-0.05, 0) is 80.9 Å². The molecule has 4 heteroatoms. The molecule has 1 aromatic heterocycles. The molecule has 1 aliphatic heterocycles. The molecule has 1 spiro atoms. The number of hydrogen-bond donors (Lipinski definition) is 0. The Morgan fingerprint density at radius 3 is 1.56 bits per heavy atom. The van der Waals surface area contributed by atoms with E-state index in [-0.39, 0.29) is 0 Å². The van der Waals surface area contributed by atoms with Crippen molar-refractivity contribution in [3.8, 4) is 62.2 Å². The van der Waals surface area contributed by atoms with Crippen LogP contribution in [-0.2, 0) is 5.41 Å². The van der Waals surface area contributed by atoms with Gasteiger partial charge >= 0.3 is 0 Å². The summed E-state index contributed by atoms with van der Waals surface area (Å²) in [7, 11) is 0. The van der Waals surface area contributed by atoms with Crippen LogP contribution in [0.2, 0.25) is 0 Å². The van der Waals surface area contributed by atoms with Crippen molar-refractivity contribution in [1.29, 1.82) is 5.26 Å². The van der Waals surface area contributed by atoms with Crippen LogP contribution < -0.4 is 0 Å². The van der Waals surface area contributed by atoms with Gasteiger partial charge < -0.3 is 0 Å². The molecule has 8 aromatic rings. The Bertz CT molecular complexity index is 2610. The number of nitrogens with zero attached hydrogens (tertiary/aromatic N) is 3. The van der Waals surface area contributed by atoms with Crippen LogP contribution in [0.4, 0.5) is 0 Å². The van der Waals surface area contributed by atoms with Crippen molar-refractivity contribution in [3.63, 3.8) is 0 Å². The maximum absolute atomic E-state index is 9.99. The monoisotopic (exact) mass is 679 g/mol. The highest BCUT2D eigenvalue weighted by Gasteiger charge is 2.50. The molecule has 0 saturated carbocycles. The van der Waals surface area contributed by atoms with E-state index < -0.39 is 5.41 Å². The topological polar surface area (TPSA) is 49.6 Å². The second-order valence-corrected chi connectivity index (χ2v) is 14.3. The Kier molecular flexibility index (Phi) is 7.02. The van der Waals surface area contributed by atoms with Crippen molar-refractivity contribution in [2.24, 2.45) is 0 Å². The van der Waals surface area contributed by atoms with Gasteiger partial charge in [0.05, 0.1) is 28.4 Å². The summed E-state index contributed by atoms with van der Waals surface area (Å²) in [5.74, 6) is 0.702. The molecule has 0 radical (unpaired) electrons. The zero-order valence-electron chi connectivity index (χ0n) is 28.0. The van der Waals surface area contributed by atoms with Crippen LogP contribution in [0.5, 0.6) is 0 Å². The maximum atomic E-state index is 9.99. The molecular formula is C48H29N3S. The van der Waals surface area contributed by atoms with E-state index in [1.165, 1.54) is 37.6 Å². The molecule has 0 N–H and O–H groups in total. The van der Waals surface area contributed by atoms with Gasteiger partial charge in [0.25, 0.3) is 0 Å². The number of fused-ring (bicyclic) bond motifs is 9. The molecule has 242 valence electrons. The molecule has 0 saturated heterocycles. The Hall–Kier alpha value is -6.54. The molecule has 0 unspecified atom stereocenters. The van der Waals surface area contributed by atoms with Crippen molar-refractivity contribution in [3.05, 3.63) is 204 Å². The van der Waals surface area contributed by atoms with Crippen LogP contribution in [0.1, 0.15) is 27.8 Å². The van der Waals surface area contributed by atoms with Gasteiger partial charge in [-0.15, -0.1) is 0 Å². The molecule has 0 fully saturated rings. The van der Waals surface area contributed by atoms with Gasteiger partial charge in [-0.3, -0.25) is 0 Å². The largest absolute Gasteiger partial charge is 0.228 e. The quantitative estimate of drug-likeness (QED) is 0.186. The second kappa shape index (κ2) is 12.1. The Balaban J connectivity index is 1.11. The normalized spacial score (nSPS) is 13.1. The fraction of sp³-hybridized carbons (Fsp3) is 0.0208. The smallest absolute Gasteiger partial charge is 0.160 e. The lowest BCUT2D eigenvalue weighted by Gasteiger charge is -2.39. The minimum absolute atomic E-state index is 0.473. The third kappa shape index (κ3) is 4.67. The highest BCUT2D eigenvalue weighted by molar-refractivity contribution is 7.99. The summed E-state index contributed by atoms with van der Waals surface area (Å²) >= 11 is 1.84. The fourth-order valence-corrected chi connectivity index (χ4v) is 9.25. The van der Waals surface area contributed by atoms with Gasteiger partial charge in [-0.25, -0.2) is 9.97 Å². The number of benzene rings is 7. The fourth-order valence-electron chi connectivity index (χ4n) is 8.06. The average molecular weight is 680 g/mol. The van der Waals surface area contributed by atoms with Crippen molar-refractivity contribution in [2.75, 3.05) is 0 Å². The standard InChI is InChI=1S/C48H29N3S/c49-30-31-19-25-39-37(27-31)38-28-36(24-26-40(38)48(39)41-15-7-9-17-45(41)52-46-18-10-8-16-42(46)48)32-20-22-34(23-21-32)44-29-43(33-11-3-1-4-12-33)50-47(51-44)35-13-5-2-6-14-35/h1-29H. The van der Waals surface area contributed by atoms with E-state index in [4.69, 9.17) is 9.97 Å². The zero-order valence-corrected chi connectivity index (χ0v) is 28.8. The number of hydrogen-bond acceptors (Lipinski definition) is 4. The van der Waals surface area contributed by atoms with Crippen LogP contribution in [0.25, 0.3) is 56.2 Å². The van der Waals surface area contributed by atoms with Gasteiger partial charge in [0.15, 0.2) is 5.82 Å². The summed E-state index contributed by atoms with van der Waals surface area (Å²) in [5.41, 5.74) is 14.6. The van der Waals surface area contributed by atoms with E-state index >= 15 is 0 Å². The molecule has 52 heavy (non-hydrogen) atoms. The molecular weight excluding hydrogens is 651 g/mol. The van der Waals surface area contributed by atoms with E-state index in [0.717, 1.165) is 44.8 Å². The summed E-state index contributed by atoms with van der Waals surface area (Å²) in [4.78, 5) is 12.5. The summed E-state index contributed by atoms with van der Waals surface area (Å²) in [5, 5.41) is 9.99. The summed E-state index contributed by atoms with van der Waals surface area (Å²) in [6.45, 7) is 0. The van der Waals surface area contributed by atoms with Gasteiger partial charge in [0.1, 0.15) is 0 Å². The van der Waals surface area contributed by atoms with Crippen LogP contribution >= 0.6 is 11.8 Å². The van der Waals surface area contributed by atoms with Crippen molar-refractivity contribution in [2.45, 2.75) is 15.2 Å². The van der Waals surface area contributed by atoms with E-state index in [9.17, 15) is 5.26 Å². The van der Waals surface area contributed by atoms with Gasteiger partial charge in [-0.1, -0.05) is 151 Å². The lowest BCUT2D eigenvalue weighted by molar-refractivity contribution is 0.722. The van der Waals surface area contributed by atoms with Gasteiger partial charge in [0, 0.05) is 26.5 Å². The first-order chi connectivity index (χ1) is 25.7. The van der Waals surface area contributed by atoms with Gasteiger partial charge in [0.2, 0.25) is 0 Å². The number of rotatable bonds is 4. The predicted octanol–water partition coefficient (Wildman–Crippen LogP) is 11.8. The molecule has 7 aromatic carbocycles. The molecule has 2 aliphatic rings. The third-order valence-corrected chi connectivity index (χ3v) is 11.6. The first kappa shape index (κ1) is 30.3. The molecule has 2 heterocycles. The summed E-state index contributed by atoms with van der Waals surface area (Å²) in [6.07, 6.45) is 0. The van der Waals surface area contributed by atoms with E-state index in [2.05, 4.69) is 140 Å². The molecule has 1 aliphatic carbocycles. The predicted molar refractivity (Wildman–Crippen MR) is 210 cm³/mol. The highest BCUT2D eigenvalue weighted by Crippen LogP contribution is 2.62. The molecule has 10 rings (SSSR count). The minimum atomic E-state index is -0.473. The third-order valence-electron chi connectivity index (χ3n) is 10.4. The van der Waals surface area contributed by atoms with E-state index in [1.807, 2.05) is 54.2 Å². The molecule has 0 amide bonds. The Labute approximate surface area is 307 Å². The van der Waals surface area contributed by atoms with E-state index in [1.54, 1.807) is 0 Å². The van der Waals surface area contributed by atoms with Crippen LogP contribution in [0.3, 0.4) is 0 Å². The SMILES string of the molecule is N#Cc1ccc2c(c1)-c1cc(-c3ccc(-c4cc(-c5ccccc5)nc(-c5ccccc5)n4)cc3)ccc1C21c2ccccc2Sc2ccccc21. The van der Waals surface area contributed by atoms with Gasteiger partial charge in [-0.2, -0.15) is 5.26 Å².